The van der Waals surface area contributed by atoms with Crippen LogP contribution in [0.25, 0.3) is 0 Å². The van der Waals surface area contributed by atoms with E-state index in [9.17, 15) is 0 Å². The maximum absolute atomic E-state index is 6.27. The molecular weight excluding hydrogens is 307 g/mol. The van der Waals surface area contributed by atoms with Gasteiger partial charge in [-0.3, -0.25) is 16.0 Å². The van der Waals surface area contributed by atoms with Crippen molar-refractivity contribution in [2.45, 2.75) is 39.3 Å². The molecule has 0 aliphatic heterocycles. The summed E-state index contributed by atoms with van der Waals surface area (Å²) in [5.74, 6) is 5.72. The van der Waals surface area contributed by atoms with E-state index in [4.69, 9.17) is 29.0 Å². The fourth-order valence-corrected chi connectivity index (χ4v) is 2.92. The number of benzene rings is 1. The third kappa shape index (κ3) is 3.77. The van der Waals surface area contributed by atoms with Gasteiger partial charge < -0.3 is 0 Å². The number of nitrogens with zero attached hydrogens (tertiary/aromatic N) is 2. The predicted octanol–water partition coefficient (Wildman–Crippen LogP) is 3.52. The van der Waals surface area contributed by atoms with Crippen LogP contribution in [0.1, 0.15) is 36.8 Å². The van der Waals surface area contributed by atoms with E-state index < -0.39 is 0 Å². The summed E-state index contributed by atoms with van der Waals surface area (Å²) in [5.41, 5.74) is 6.00. The molecule has 1 aromatic heterocycles. The van der Waals surface area contributed by atoms with Gasteiger partial charge in [0.2, 0.25) is 0 Å². The second-order valence-corrected chi connectivity index (χ2v) is 5.73. The number of nitrogens with two attached hydrogens (primary N) is 1. The molecule has 3 N–H and O–H groups in total. The summed E-state index contributed by atoms with van der Waals surface area (Å²) in [4.78, 5) is 0. The minimum absolute atomic E-state index is 0.0820. The van der Waals surface area contributed by atoms with E-state index in [0.29, 0.717) is 10.0 Å². The highest BCUT2D eigenvalue weighted by molar-refractivity contribution is 6.35. The second-order valence-electron chi connectivity index (χ2n) is 4.89. The van der Waals surface area contributed by atoms with Crippen LogP contribution in [0.15, 0.2) is 24.3 Å². The Morgan fingerprint density at radius 1 is 1.29 bits per heavy atom. The average molecular weight is 327 g/mol. The van der Waals surface area contributed by atoms with E-state index >= 15 is 0 Å². The summed E-state index contributed by atoms with van der Waals surface area (Å²) in [6, 6.07) is 7.50. The predicted molar refractivity (Wildman–Crippen MR) is 87.5 cm³/mol. The molecule has 0 radical (unpaired) electrons. The van der Waals surface area contributed by atoms with Crippen LogP contribution in [0.3, 0.4) is 0 Å². The Kier molecular flexibility index (Phi) is 5.65. The maximum Gasteiger partial charge on any atom is 0.0624 e. The minimum atomic E-state index is -0.0820. The Morgan fingerprint density at radius 2 is 2.05 bits per heavy atom. The lowest BCUT2D eigenvalue weighted by Gasteiger charge is -2.18. The summed E-state index contributed by atoms with van der Waals surface area (Å²) in [6.45, 7) is 5.01. The molecule has 1 atom stereocenters. The SMILES string of the molecule is CCc1cc(CC(NN)c2ccc(Cl)cc2Cl)n(CC)n1. The van der Waals surface area contributed by atoms with Crippen molar-refractivity contribution in [1.29, 1.82) is 0 Å². The second kappa shape index (κ2) is 7.27. The number of hydrazine groups is 1. The third-order valence-electron chi connectivity index (χ3n) is 3.53. The molecular formula is C15H20Cl2N4. The Labute approximate surface area is 135 Å². The number of hydrogen-bond acceptors (Lipinski definition) is 3. The highest BCUT2D eigenvalue weighted by atomic mass is 35.5. The molecule has 0 saturated carbocycles. The van der Waals surface area contributed by atoms with Crippen LogP contribution in [0.5, 0.6) is 0 Å². The number of hydrogen-bond donors (Lipinski definition) is 2. The highest BCUT2D eigenvalue weighted by Crippen LogP contribution is 2.28. The van der Waals surface area contributed by atoms with E-state index in [-0.39, 0.29) is 6.04 Å². The molecule has 0 saturated heterocycles. The van der Waals surface area contributed by atoms with E-state index in [1.165, 1.54) is 0 Å². The number of halogens is 2. The van der Waals surface area contributed by atoms with Crippen LogP contribution in [0.2, 0.25) is 10.0 Å². The van der Waals surface area contributed by atoms with Crippen molar-refractivity contribution in [2.75, 3.05) is 0 Å². The molecule has 0 aliphatic rings. The zero-order valence-corrected chi connectivity index (χ0v) is 13.7. The van der Waals surface area contributed by atoms with Crippen LogP contribution < -0.4 is 11.3 Å². The van der Waals surface area contributed by atoms with Gasteiger partial charge in [-0.15, -0.1) is 0 Å². The van der Waals surface area contributed by atoms with Crippen molar-refractivity contribution in [1.82, 2.24) is 15.2 Å². The summed E-state index contributed by atoms with van der Waals surface area (Å²) in [6.07, 6.45) is 1.64. The Balaban J connectivity index is 2.28. The molecule has 1 heterocycles. The zero-order valence-electron chi connectivity index (χ0n) is 12.2. The molecule has 0 spiro atoms. The van der Waals surface area contributed by atoms with E-state index in [0.717, 1.165) is 36.3 Å². The number of aromatic nitrogens is 2. The van der Waals surface area contributed by atoms with Gasteiger partial charge in [0, 0.05) is 28.7 Å². The van der Waals surface area contributed by atoms with Gasteiger partial charge in [0.25, 0.3) is 0 Å². The smallest absolute Gasteiger partial charge is 0.0624 e. The quantitative estimate of drug-likeness (QED) is 0.630. The molecule has 6 heteroatoms. The average Bonchev–Trinajstić information content (AvgIpc) is 2.87. The maximum atomic E-state index is 6.27. The van der Waals surface area contributed by atoms with Crippen molar-refractivity contribution >= 4 is 23.2 Å². The van der Waals surface area contributed by atoms with Gasteiger partial charge in [-0.2, -0.15) is 5.10 Å². The fraction of sp³-hybridized carbons (Fsp3) is 0.400. The number of aryl methyl sites for hydroxylation is 2. The van der Waals surface area contributed by atoms with Crippen molar-refractivity contribution in [2.24, 2.45) is 5.84 Å². The largest absolute Gasteiger partial charge is 0.271 e. The molecule has 0 amide bonds. The number of rotatable bonds is 6. The molecule has 1 unspecified atom stereocenters. The molecule has 2 rings (SSSR count). The molecule has 114 valence electrons. The monoisotopic (exact) mass is 326 g/mol. The van der Waals surface area contributed by atoms with Gasteiger partial charge in [-0.05, 0) is 37.1 Å². The zero-order chi connectivity index (χ0) is 15.4. The Morgan fingerprint density at radius 3 is 2.62 bits per heavy atom. The van der Waals surface area contributed by atoms with Gasteiger partial charge in [0.15, 0.2) is 0 Å². The van der Waals surface area contributed by atoms with Gasteiger partial charge >= 0.3 is 0 Å². The first-order chi connectivity index (χ1) is 10.1. The minimum Gasteiger partial charge on any atom is -0.271 e. The molecule has 2 aromatic rings. The van der Waals surface area contributed by atoms with E-state index in [2.05, 4.69) is 30.4 Å². The van der Waals surface area contributed by atoms with Crippen molar-refractivity contribution < 1.29 is 0 Å². The van der Waals surface area contributed by atoms with Crippen LogP contribution in [0, 0.1) is 0 Å². The lowest BCUT2D eigenvalue weighted by molar-refractivity contribution is 0.517. The molecule has 4 nitrogen and oxygen atoms in total. The van der Waals surface area contributed by atoms with Gasteiger partial charge in [-0.25, -0.2) is 0 Å². The first-order valence-corrected chi connectivity index (χ1v) is 7.81. The molecule has 0 aliphatic carbocycles. The molecule has 0 bridgehead atoms. The topological polar surface area (TPSA) is 55.9 Å². The summed E-state index contributed by atoms with van der Waals surface area (Å²) in [7, 11) is 0. The van der Waals surface area contributed by atoms with E-state index in [1.54, 1.807) is 6.07 Å². The standard InChI is InChI=1S/C15H20Cl2N4/c1-3-11-8-12(21(4-2)20-11)9-15(19-18)13-6-5-10(16)7-14(13)17/h5-8,15,19H,3-4,9,18H2,1-2H3. The first kappa shape index (κ1) is 16.3. The Hall–Kier alpha value is -1.07. The van der Waals surface area contributed by atoms with Crippen LogP contribution >= 0.6 is 23.2 Å². The normalized spacial score (nSPS) is 12.6. The Bertz CT molecular complexity index is 610. The fourth-order valence-electron chi connectivity index (χ4n) is 2.38. The summed E-state index contributed by atoms with van der Waals surface area (Å²) >= 11 is 12.2. The highest BCUT2D eigenvalue weighted by Gasteiger charge is 2.17. The van der Waals surface area contributed by atoms with Crippen molar-refractivity contribution in [3.05, 3.63) is 51.3 Å². The van der Waals surface area contributed by atoms with Crippen molar-refractivity contribution in [3.63, 3.8) is 0 Å². The van der Waals surface area contributed by atoms with Crippen LogP contribution in [-0.4, -0.2) is 9.78 Å². The molecule has 0 fully saturated rings. The van der Waals surface area contributed by atoms with Crippen molar-refractivity contribution in [3.8, 4) is 0 Å². The lowest BCUT2D eigenvalue weighted by atomic mass is 10.0. The summed E-state index contributed by atoms with van der Waals surface area (Å²) in [5, 5.41) is 5.79. The van der Waals surface area contributed by atoms with E-state index in [1.807, 2.05) is 16.8 Å². The lowest BCUT2D eigenvalue weighted by Crippen LogP contribution is -2.30. The van der Waals surface area contributed by atoms with Crippen LogP contribution in [0.4, 0.5) is 0 Å². The number of nitrogens with one attached hydrogen (secondary N) is 1. The molecule has 21 heavy (non-hydrogen) atoms. The third-order valence-corrected chi connectivity index (χ3v) is 4.09. The van der Waals surface area contributed by atoms with Crippen LogP contribution in [-0.2, 0) is 19.4 Å². The van der Waals surface area contributed by atoms with Gasteiger partial charge in [0.1, 0.15) is 0 Å². The molecule has 1 aromatic carbocycles. The first-order valence-electron chi connectivity index (χ1n) is 7.05. The summed E-state index contributed by atoms with van der Waals surface area (Å²) < 4.78 is 2.01. The van der Waals surface area contributed by atoms with Gasteiger partial charge in [0.05, 0.1) is 11.7 Å². The van der Waals surface area contributed by atoms with Gasteiger partial charge in [-0.1, -0.05) is 36.2 Å².